The number of nitrogen functional groups attached to an aromatic ring is 1. The standard InChI is InChI=1S/C11H16N4O2S/c1-4-3-5(4)15-11-6(9(13)16)7(12)8(18-11)10(17)14-2/h4-5,15H,3,12H2,1-2H3,(H2,13,16)(H,14,17). The summed E-state index contributed by atoms with van der Waals surface area (Å²) < 4.78 is 0. The van der Waals surface area contributed by atoms with Gasteiger partial charge in [0.15, 0.2) is 0 Å². The lowest BCUT2D eigenvalue weighted by Gasteiger charge is -2.03. The van der Waals surface area contributed by atoms with E-state index in [4.69, 9.17) is 11.5 Å². The van der Waals surface area contributed by atoms with Crippen LogP contribution in [0.4, 0.5) is 10.7 Å². The molecule has 0 aromatic carbocycles. The first-order valence-electron chi connectivity index (χ1n) is 5.66. The third-order valence-electron chi connectivity index (χ3n) is 3.05. The van der Waals surface area contributed by atoms with Gasteiger partial charge in [-0.1, -0.05) is 6.92 Å². The number of nitrogens with two attached hydrogens (primary N) is 2. The van der Waals surface area contributed by atoms with Crippen LogP contribution in [0, 0.1) is 5.92 Å². The topological polar surface area (TPSA) is 110 Å². The number of nitrogens with one attached hydrogen (secondary N) is 2. The molecule has 0 spiro atoms. The molecule has 18 heavy (non-hydrogen) atoms. The van der Waals surface area contributed by atoms with Crippen LogP contribution in [-0.2, 0) is 0 Å². The predicted molar refractivity (Wildman–Crippen MR) is 71.8 cm³/mol. The molecule has 6 nitrogen and oxygen atoms in total. The van der Waals surface area contributed by atoms with E-state index in [0.717, 1.165) is 6.42 Å². The van der Waals surface area contributed by atoms with E-state index in [1.165, 1.54) is 18.4 Å². The number of amides is 2. The molecule has 2 atom stereocenters. The number of carbonyl (C=O) groups is 2. The smallest absolute Gasteiger partial charge is 0.263 e. The van der Waals surface area contributed by atoms with Crippen LogP contribution in [0.1, 0.15) is 33.4 Å². The molecule has 1 heterocycles. The summed E-state index contributed by atoms with van der Waals surface area (Å²) in [5, 5.41) is 6.30. The highest BCUT2D eigenvalue weighted by Gasteiger charge is 2.35. The van der Waals surface area contributed by atoms with E-state index in [9.17, 15) is 9.59 Å². The van der Waals surface area contributed by atoms with Crippen LogP contribution in [0.25, 0.3) is 0 Å². The number of anilines is 2. The van der Waals surface area contributed by atoms with E-state index < -0.39 is 5.91 Å². The lowest BCUT2D eigenvalue weighted by atomic mass is 10.2. The zero-order valence-corrected chi connectivity index (χ0v) is 11.1. The molecule has 1 aliphatic carbocycles. The Labute approximate surface area is 109 Å². The van der Waals surface area contributed by atoms with Crippen LogP contribution in [0.5, 0.6) is 0 Å². The molecule has 1 aliphatic rings. The molecule has 1 aromatic heterocycles. The molecular weight excluding hydrogens is 252 g/mol. The maximum Gasteiger partial charge on any atom is 0.263 e. The summed E-state index contributed by atoms with van der Waals surface area (Å²) in [7, 11) is 1.52. The normalized spacial score (nSPS) is 21.4. The summed E-state index contributed by atoms with van der Waals surface area (Å²) in [5.74, 6) is -0.357. The van der Waals surface area contributed by atoms with Gasteiger partial charge in [-0.3, -0.25) is 9.59 Å². The monoisotopic (exact) mass is 268 g/mol. The Morgan fingerprint density at radius 2 is 2.06 bits per heavy atom. The Kier molecular flexibility index (Phi) is 3.16. The van der Waals surface area contributed by atoms with Gasteiger partial charge in [-0.2, -0.15) is 0 Å². The molecule has 0 aliphatic heterocycles. The fraction of sp³-hybridized carbons (Fsp3) is 0.455. The first-order chi connectivity index (χ1) is 8.45. The second kappa shape index (κ2) is 4.49. The second-order valence-electron chi connectivity index (χ2n) is 4.46. The first-order valence-corrected chi connectivity index (χ1v) is 6.48. The van der Waals surface area contributed by atoms with Crippen molar-refractivity contribution in [2.45, 2.75) is 19.4 Å². The van der Waals surface area contributed by atoms with Crippen molar-refractivity contribution in [3.8, 4) is 0 Å². The largest absolute Gasteiger partial charge is 0.397 e. The van der Waals surface area contributed by atoms with Gasteiger partial charge in [0.1, 0.15) is 9.88 Å². The number of hydrogen-bond donors (Lipinski definition) is 4. The third-order valence-corrected chi connectivity index (χ3v) is 4.19. The van der Waals surface area contributed by atoms with Crippen molar-refractivity contribution >= 4 is 33.8 Å². The van der Waals surface area contributed by atoms with Gasteiger partial charge in [-0.25, -0.2) is 0 Å². The van der Waals surface area contributed by atoms with Gasteiger partial charge < -0.3 is 22.1 Å². The van der Waals surface area contributed by atoms with E-state index in [1.807, 2.05) is 0 Å². The van der Waals surface area contributed by atoms with Gasteiger partial charge in [0.2, 0.25) is 0 Å². The second-order valence-corrected chi connectivity index (χ2v) is 5.48. The summed E-state index contributed by atoms with van der Waals surface area (Å²) in [6.07, 6.45) is 1.05. The summed E-state index contributed by atoms with van der Waals surface area (Å²) in [6.45, 7) is 2.11. The van der Waals surface area contributed by atoms with Gasteiger partial charge in [0.25, 0.3) is 11.8 Å². The van der Waals surface area contributed by atoms with E-state index in [1.54, 1.807) is 0 Å². The number of carbonyl (C=O) groups excluding carboxylic acids is 2. The molecule has 98 valence electrons. The quantitative estimate of drug-likeness (QED) is 0.641. The third kappa shape index (κ3) is 2.13. The SMILES string of the molecule is CNC(=O)c1sc(NC2CC2C)c(C(N)=O)c1N. The molecule has 1 fully saturated rings. The minimum absolute atomic E-state index is 0.155. The first kappa shape index (κ1) is 12.7. The molecule has 2 unspecified atom stereocenters. The van der Waals surface area contributed by atoms with Gasteiger partial charge in [0, 0.05) is 13.1 Å². The fourth-order valence-electron chi connectivity index (χ4n) is 1.76. The minimum Gasteiger partial charge on any atom is -0.397 e. The van der Waals surface area contributed by atoms with Crippen LogP contribution in [0.2, 0.25) is 0 Å². The number of primary amides is 1. The van der Waals surface area contributed by atoms with Gasteiger partial charge in [0.05, 0.1) is 11.3 Å². The van der Waals surface area contributed by atoms with Crippen LogP contribution in [-0.4, -0.2) is 24.9 Å². The number of thiophene rings is 1. The average Bonchev–Trinajstić information content (AvgIpc) is 2.88. The van der Waals surface area contributed by atoms with Gasteiger partial charge >= 0.3 is 0 Å². The highest BCUT2D eigenvalue weighted by molar-refractivity contribution is 7.19. The minimum atomic E-state index is -0.616. The van der Waals surface area contributed by atoms with E-state index in [0.29, 0.717) is 21.8 Å². The van der Waals surface area contributed by atoms with Gasteiger partial charge in [-0.05, 0) is 12.3 Å². The van der Waals surface area contributed by atoms with Crippen molar-refractivity contribution in [1.82, 2.24) is 5.32 Å². The zero-order chi connectivity index (χ0) is 13.4. The summed E-state index contributed by atoms with van der Waals surface area (Å²) in [6, 6.07) is 0.332. The summed E-state index contributed by atoms with van der Waals surface area (Å²) in [4.78, 5) is 23.4. The van der Waals surface area contributed by atoms with Crippen LogP contribution in [0.15, 0.2) is 0 Å². The van der Waals surface area contributed by atoms with E-state index in [2.05, 4.69) is 17.6 Å². The van der Waals surface area contributed by atoms with Crippen LogP contribution in [0.3, 0.4) is 0 Å². The Bertz CT molecular complexity index is 511. The molecule has 1 saturated carbocycles. The number of hydrogen-bond acceptors (Lipinski definition) is 5. The number of rotatable bonds is 4. The highest BCUT2D eigenvalue weighted by atomic mass is 32.1. The van der Waals surface area contributed by atoms with Crippen LogP contribution >= 0.6 is 11.3 Å². The summed E-state index contributed by atoms with van der Waals surface area (Å²) in [5.41, 5.74) is 11.5. The molecular formula is C11H16N4O2S. The van der Waals surface area contributed by atoms with Crippen molar-refractivity contribution in [3.05, 3.63) is 10.4 Å². The maximum absolute atomic E-state index is 11.6. The Balaban J connectivity index is 2.37. The molecule has 0 radical (unpaired) electrons. The summed E-state index contributed by atoms with van der Waals surface area (Å²) >= 11 is 1.17. The van der Waals surface area contributed by atoms with Crippen molar-refractivity contribution in [3.63, 3.8) is 0 Å². The molecule has 0 saturated heterocycles. The lowest BCUT2D eigenvalue weighted by molar-refractivity contribution is 0.0967. The van der Waals surface area contributed by atoms with E-state index >= 15 is 0 Å². The molecule has 2 amide bonds. The van der Waals surface area contributed by atoms with Crippen molar-refractivity contribution in [2.75, 3.05) is 18.1 Å². The molecule has 1 aromatic rings. The van der Waals surface area contributed by atoms with E-state index in [-0.39, 0.29) is 17.2 Å². The van der Waals surface area contributed by atoms with Gasteiger partial charge in [-0.15, -0.1) is 11.3 Å². The van der Waals surface area contributed by atoms with Crippen molar-refractivity contribution in [2.24, 2.45) is 11.7 Å². The fourth-order valence-corrected chi connectivity index (χ4v) is 2.90. The molecule has 2 rings (SSSR count). The van der Waals surface area contributed by atoms with Crippen molar-refractivity contribution in [1.29, 1.82) is 0 Å². The lowest BCUT2D eigenvalue weighted by Crippen LogP contribution is -2.19. The molecule has 7 heteroatoms. The molecule has 0 bridgehead atoms. The van der Waals surface area contributed by atoms with Crippen LogP contribution < -0.4 is 22.1 Å². The predicted octanol–water partition coefficient (Wildman–Crippen LogP) is 0.609. The molecule has 6 N–H and O–H groups in total. The zero-order valence-electron chi connectivity index (χ0n) is 10.2. The Hall–Kier alpha value is -1.76. The Morgan fingerprint density at radius 3 is 2.50 bits per heavy atom. The highest BCUT2D eigenvalue weighted by Crippen LogP contribution is 2.40. The Morgan fingerprint density at radius 1 is 1.44 bits per heavy atom. The van der Waals surface area contributed by atoms with Crippen molar-refractivity contribution < 1.29 is 9.59 Å². The average molecular weight is 268 g/mol. The maximum atomic E-state index is 11.6.